The predicted octanol–water partition coefficient (Wildman–Crippen LogP) is 4.94. The normalized spacial score (nSPS) is 18.5. The number of nitrogens with zero attached hydrogens (tertiary/aromatic N) is 3. The van der Waals surface area contributed by atoms with Gasteiger partial charge in [0, 0.05) is 52.1 Å². The maximum absolute atomic E-state index is 12.5. The fourth-order valence-electron chi connectivity index (χ4n) is 4.84. The highest BCUT2D eigenvalue weighted by atomic mass is 35.5. The van der Waals surface area contributed by atoms with Crippen molar-refractivity contribution in [3.8, 4) is 0 Å². The zero-order valence-electron chi connectivity index (χ0n) is 16.9. The molecular formula is C23H22Cl2N4O2. The van der Waals surface area contributed by atoms with Crippen molar-refractivity contribution in [1.82, 2.24) is 10.2 Å². The second kappa shape index (κ2) is 7.92. The van der Waals surface area contributed by atoms with E-state index in [1.165, 1.54) is 0 Å². The number of halogens is 2. The highest BCUT2D eigenvalue weighted by Crippen LogP contribution is 2.48. The standard InChI is InChI=1S/C23H22Cl2N4O2/c24-17-5-14(6-18(25)8-17)1-4-21(30)29-12-23(13-29)9-19(10-23)27-22(31)15-2-3-16-11-26-28-20(16)7-15/h2-3,5-8,19H,1,4,9-13H2,(H,27,31). The van der Waals surface area contributed by atoms with Gasteiger partial charge in [-0.05, 0) is 55.2 Å². The molecule has 0 radical (unpaired) electrons. The average Bonchev–Trinajstić information content (AvgIpc) is 3.13. The zero-order valence-corrected chi connectivity index (χ0v) is 18.4. The van der Waals surface area contributed by atoms with Crippen LogP contribution in [0.5, 0.6) is 0 Å². The number of fused-ring (bicyclic) bond motifs is 1. The first kappa shape index (κ1) is 20.5. The number of azo groups is 1. The van der Waals surface area contributed by atoms with Crippen molar-refractivity contribution >= 4 is 40.7 Å². The number of carbonyl (C=O) groups excluding carboxylic acids is 2. The minimum atomic E-state index is -0.0720. The summed E-state index contributed by atoms with van der Waals surface area (Å²) in [6.07, 6.45) is 2.90. The minimum Gasteiger partial charge on any atom is -0.349 e. The maximum atomic E-state index is 12.5. The number of benzene rings is 2. The van der Waals surface area contributed by atoms with Crippen LogP contribution < -0.4 is 5.32 Å². The van der Waals surface area contributed by atoms with Crippen molar-refractivity contribution in [1.29, 1.82) is 0 Å². The van der Waals surface area contributed by atoms with Crippen LogP contribution in [0.3, 0.4) is 0 Å². The molecule has 2 aromatic carbocycles. The minimum absolute atomic E-state index is 0.0720. The van der Waals surface area contributed by atoms with Gasteiger partial charge in [-0.25, -0.2) is 0 Å². The van der Waals surface area contributed by atoms with Crippen LogP contribution in [-0.2, 0) is 17.8 Å². The molecule has 0 unspecified atom stereocenters. The summed E-state index contributed by atoms with van der Waals surface area (Å²) in [7, 11) is 0. The fraction of sp³-hybridized carbons (Fsp3) is 0.391. The molecule has 5 rings (SSSR count). The molecular weight excluding hydrogens is 435 g/mol. The summed E-state index contributed by atoms with van der Waals surface area (Å²) in [5.74, 6) is 0.0821. The first-order valence-electron chi connectivity index (χ1n) is 10.4. The second-order valence-electron chi connectivity index (χ2n) is 8.85. The van der Waals surface area contributed by atoms with Crippen LogP contribution in [0.1, 0.15) is 40.7 Å². The van der Waals surface area contributed by atoms with E-state index < -0.39 is 0 Å². The van der Waals surface area contributed by atoms with Crippen molar-refractivity contribution in [2.45, 2.75) is 38.3 Å². The molecule has 2 heterocycles. The van der Waals surface area contributed by atoms with Gasteiger partial charge < -0.3 is 10.2 Å². The van der Waals surface area contributed by atoms with Crippen LogP contribution in [0, 0.1) is 5.41 Å². The summed E-state index contributed by atoms with van der Waals surface area (Å²) in [6, 6.07) is 11.1. The van der Waals surface area contributed by atoms with E-state index in [9.17, 15) is 9.59 Å². The van der Waals surface area contributed by atoms with Gasteiger partial charge >= 0.3 is 0 Å². The van der Waals surface area contributed by atoms with Crippen LogP contribution in [0.4, 0.5) is 5.69 Å². The lowest BCUT2D eigenvalue weighted by molar-refractivity contribution is -0.151. The molecule has 2 fully saturated rings. The number of rotatable bonds is 5. The highest BCUT2D eigenvalue weighted by molar-refractivity contribution is 6.34. The van der Waals surface area contributed by atoms with E-state index in [2.05, 4.69) is 15.5 Å². The van der Waals surface area contributed by atoms with Gasteiger partial charge in [-0.1, -0.05) is 29.3 Å². The molecule has 0 bridgehead atoms. The maximum Gasteiger partial charge on any atom is 0.251 e. The molecule has 2 amide bonds. The molecule has 6 nitrogen and oxygen atoms in total. The highest BCUT2D eigenvalue weighted by Gasteiger charge is 2.53. The summed E-state index contributed by atoms with van der Waals surface area (Å²) in [4.78, 5) is 27.0. The van der Waals surface area contributed by atoms with Gasteiger partial charge in [-0.2, -0.15) is 10.2 Å². The van der Waals surface area contributed by atoms with Gasteiger partial charge in [0.1, 0.15) is 0 Å². The summed E-state index contributed by atoms with van der Waals surface area (Å²) in [6.45, 7) is 2.13. The number of carbonyl (C=O) groups is 2. The van der Waals surface area contributed by atoms with E-state index in [0.717, 1.165) is 42.7 Å². The number of likely N-dealkylation sites (tertiary alicyclic amines) is 1. The summed E-state index contributed by atoms with van der Waals surface area (Å²) >= 11 is 12.1. The van der Waals surface area contributed by atoms with Crippen molar-refractivity contribution in [2.24, 2.45) is 15.6 Å². The molecule has 1 N–H and O–H groups in total. The number of hydrogen-bond donors (Lipinski definition) is 1. The SMILES string of the molecule is O=C(NC1CC2(C1)CN(C(=O)CCc1cc(Cl)cc(Cl)c1)C2)c1ccc2c(c1)N=NC2. The molecule has 31 heavy (non-hydrogen) atoms. The summed E-state index contributed by atoms with van der Waals surface area (Å²) in [5.41, 5.74) is 3.59. The monoisotopic (exact) mass is 456 g/mol. The van der Waals surface area contributed by atoms with Crippen molar-refractivity contribution in [2.75, 3.05) is 13.1 Å². The Kier molecular flexibility index (Phi) is 5.22. The van der Waals surface area contributed by atoms with Gasteiger partial charge in [-0.3, -0.25) is 9.59 Å². The lowest BCUT2D eigenvalue weighted by Crippen LogP contribution is -2.67. The van der Waals surface area contributed by atoms with Crippen LogP contribution in [0.15, 0.2) is 46.6 Å². The third kappa shape index (κ3) is 4.19. The Bertz CT molecular complexity index is 1070. The van der Waals surface area contributed by atoms with Gasteiger partial charge in [0.15, 0.2) is 0 Å². The third-order valence-electron chi connectivity index (χ3n) is 6.42. The molecule has 1 aliphatic carbocycles. The van der Waals surface area contributed by atoms with E-state index in [4.69, 9.17) is 23.2 Å². The Hall–Kier alpha value is -2.44. The zero-order chi connectivity index (χ0) is 21.6. The Morgan fingerprint density at radius 1 is 1.10 bits per heavy atom. The van der Waals surface area contributed by atoms with Crippen molar-refractivity contribution < 1.29 is 9.59 Å². The predicted molar refractivity (Wildman–Crippen MR) is 119 cm³/mol. The van der Waals surface area contributed by atoms with Crippen LogP contribution in [0.25, 0.3) is 0 Å². The summed E-state index contributed by atoms with van der Waals surface area (Å²) in [5, 5.41) is 12.3. The number of nitrogens with one attached hydrogen (secondary N) is 1. The third-order valence-corrected chi connectivity index (χ3v) is 6.85. The first-order valence-corrected chi connectivity index (χ1v) is 11.2. The first-order chi connectivity index (χ1) is 14.9. The van der Waals surface area contributed by atoms with Gasteiger partial charge in [-0.15, -0.1) is 0 Å². The van der Waals surface area contributed by atoms with Gasteiger partial charge in [0.2, 0.25) is 5.91 Å². The Labute approximate surface area is 190 Å². The van der Waals surface area contributed by atoms with Crippen LogP contribution in [-0.4, -0.2) is 35.8 Å². The average molecular weight is 457 g/mol. The quantitative estimate of drug-likeness (QED) is 0.691. The second-order valence-corrected chi connectivity index (χ2v) is 9.72. The molecule has 2 aliphatic heterocycles. The topological polar surface area (TPSA) is 74.1 Å². The van der Waals surface area contributed by atoms with Gasteiger partial charge in [0.05, 0.1) is 12.2 Å². The van der Waals surface area contributed by atoms with E-state index in [-0.39, 0.29) is 23.3 Å². The largest absolute Gasteiger partial charge is 0.349 e. The number of hydrogen-bond acceptors (Lipinski definition) is 4. The molecule has 1 saturated heterocycles. The van der Waals surface area contributed by atoms with Crippen LogP contribution in [0.2, 0.25) is 10.0 Å². The summed E-state index contributed by atoms with van der Waals surface area (Å²) < 4.78 is 0. The lowest BCUT2D eigenvalue weighted by Gasteiger charge is -2.59. The molecule has 1 spiro atoms. The Morgan fingerprint density at radius 2 is 1.84 bits per heavy atom. The van der Waals surface area contributed by atoms with E-state index in [0.29, 0.717) is 35.0 Å². The molecule has 8 heteroatoms. The molecule has 3 aliphatic rings. The molecule has 2 aromatic rings. The van der Waals surface area contributed by atoms with Crippen molar-refractivity contribution in [3.05, 3.63) is 63.1 Å². The number of amides is 2. The van der Waals surface area contributed by atoms with E-state index >= 15 is 0 Å². The fourth-order valence-corrected chi connectivity index (χ4v) is 5.41. The molecule has 0 aromatic heterocycles. The van der Waals surface area contributed by atoms with Gasteiger partial charge in [0.25, 0.3) is 5.91 Å². The molecule has 0 atom stereocenters. The Balaban J connectivity index is 1.07. The molecule has 1 saturated carbocycles. The lowest BCUT2D eigenvalue weighted by atomic mass is 9.60. The van der Waals surface area contributed by atoms with Crippen molar-refractivity contribution in [3.63, 3.8) is 0 Å². The van der Waals surface area contributed by atoms with Crippen LogP contribution >= 0.6 is 23.2 Å². The smallest absolute Gasteiger partial charge is 0.251 e. The number of aryl methyl sites for hydroxylation is 1. The van der Waals surface area contributed by atoms with E-state index in [1.54, 1.807) is 12.1 Å². The molecule has 160 valence electrons. The van der Waals surface area contributed by atoms with E-state index in [1.807, 2.05) is 29.2 Å². The Morgan fingerprint density at radius 3 is 2.58 bits per heavy atom.